The summed E-state index contributed by atoms with van der Waals surface area (Å²) in [5.74, 6) is 0.927. The molecule has 0 aromatic carbocycles. The molecular weight excluding hydrogens is 186 g/mol. The Kier molecular flexibility index (Phi) is 3.41. The third kappa shape index (κ3) is 2.59. The molecule has 0 saturated heterocycles. The number of rotatable bonds is 5. The van der Waals surface area contributed by atoms with Crippen molar-refractivity contribution in [1.29, 1.82) is 0 Å². The van der Waals surface area contributed by atoms with E-state index >= 15 is 0 Å². The largest absolute Gasteiger partial charge is 0.314 e. The topological polar surface area (TPSA) is 29.9 Å². The summed E-state index contributed by atoms with van der Waals surface area (Å²) >= 11 is 0. The number of aromatic nitrogens is 2. The Labute approximate surface area is 91.9 Å². The van der Waals surface area contributed by atoms with Crippen LogP contribution in [0.2, 0.25) is 0 Å². The third-order valence-electron chi connectivity index (χ3n) is 3.63. The summed E-state index contributed by atoms with van der Waals surface area (Å²) in [6.07, 6.45) is 7.20. The number of hydrogen-bond donors (Lipinski definition) is 1. The van der Waals surface area contributed by atoms with Crippen LogP contribution in [0, 0.1) is 5.92 Å². The number of hydrogen-bond acceptors (Lipinski definition) is 2. The normalized spacial score (nSPS) is 18.8. The summed E-state index contributed by atoms with van der Waals surface area (Å²) < 4.78 is 1.95. The van der Waals surface area contributed by atoms with Gasteiger partial charge in [0.1, 0.15) is 0 Å². The molecule has 1 atom stereocenters. The fourth-order valence-electron chi connectivity index (χ4n) is 2.18. The van der Waals surface area contributed by atoms with Crippen LogP contribution in [0.3, 0.4) is 0 Å². The van der Waals surface area contributed by atoms with Crippen LogP contribution >= 0.6 is 0 Å². The Bertz CT molecular complexity index is 302. The van der Waals surface area contributed by atoms with Crippen LogP contribution < -0.4 is 5.32 Å². The first-order valence-corrected chi connectivity index (χ1v) is 5.97. The fourth-order valence-corrected chi connectivity index (χ4v) is 2.18. The highest BCUT2D eigenvalue weighted by molar-refractivity contribution is 5.00. The quantitative estimate of drug-likeness (QED) is 0.797. The Hall–Kier alpha value is -0.830. The fraction of sp³-hybridized carbons (Fsp3) is 0.750. The second kappa shape index (κ2) is 4.79. The minimum Gasteiger partial charge on any atom is -0.314 e. The molecule has 0 bridgehead atoms. The molecule has 1 aliphatic carbocycles. The molecular formula is C12H21N3. The zero-order valence-electron chi connectivity index (χ0n) is 9.74. The lowest BCUT2D eigenvalue weighted by atomic mass is 9.80. The van der Waals surface area contributed by atoms with E-state index in [-0.39, 0.29) is 0 Å². The molecule has 1 aromatic rings. The van der Waals surface area contributed by atoms with E-state index in [4.69, 9.17) is 0 Å². The standard InChI is InChI=1S/C12H21N3/c1-10(11-4-3-5-11)13-8-6-12-7-9-14-15(12)2/h7,9-11,13H,3-6,8H2,1-2H3. The first-order valence-electron chi connectivity index (χ1n) is 5.97. The lowest BCUT2D eigenvalue weighted by Gasteiger charge is -2.32. The van der Waals surface area contributed by atoms with Gasteiger partial charge in [-0.05, 0) is 31.7 Å². The van der Waals surface area contributed by atoms with Crippen LogP contribution in [-0.2, 0) is 13.5 Å². The average Bonchev–Trinajstić information content (AvgIpc) is 2.49. The molecule has 0 amide bonds. The predicted octanol–water partition coefficient (Wildman–Crippen LogP) is 1.74. The molecule has 3 nitrogen and oxygen atoms in total. The van der Waals surface area contributed by atoms with Gasteiger partial charge in [0.05, 0.1) is 0 Å². The van der Waals surface area contributed by atoms with Crippen LogP contribution in [0.15, 0.2) is 12.3 Å². The van der Waals surface area contributed by atoms with Crippen LogP contribution in [-0.4, -0.2) is 22.4 Å². The van der Waals surface area contributed by atoms with Gasteiger partial charge >= 0.3 is 0 Å². The SMILES string of the molecule is CC(NCCc1ccnn1C)C1CCC1. The van der Waals surface area contributed by atoms with Gasteiger partial charge in [-0.25, -0.2) is 0 Å². The van der Waals surface area contributed by atoms with Crippen molar-refractivity contribution in [3.8, 4) is 0 Å². The average molecular weight is 207 g/mol. The molecule has 1 fully saturated rings. The van der Waals surface area contributed by atoms with E-state index in [9.17, 15) is 0 Å². The van der Waals surface area contributed by atoms with E-state index in [0.29, 0.717) is 6.04 Å². The summed E-state index contributed by atoms with van der Waals surface area (Å²) in [7, 11) is 2.00. The van der Waals surface area contributed by atoms with Gasteiger partial charge in [0, 0.05) is 37.9 Å². The summed E-state index contributed by atoms with van der Waals surface area (Å²) in [5.41, 5.74) is 1.31. The molecule has 1 aromatic heterocycles. The molecule has 3 heteroatoms. The molecule has 84 valence electrons. The highest BCUT2D eigenvalue weighted by Crippen LogP contribution is 2.29. The molecule has 1 saturated carbocycles. The molecule has 15 heavy (non-hydrogen) atoms. The van der Waals surface area contributed by atoms with Crippen LogP contribution in [0.1, 0.15) is 31.9 Å². The summed E-state index contributed by atoms with van der Waals surface area (Å²) in [6, 6.07) is 2.78. The second-order valence-corrected chi connectivity index (χ2v) is 4.63. The second-order valence-electron chi connectivity index (χ2n) is 4.63. The summed E-state index contributed by atoms with van der Waals surface area (Å²) in [5, 5.41) is 7.77. The number of nitrogens with one attached hydrogen (secondary N) is 1. The van der Waals surface area contributed by atoms with Crippen molar-refractivity contribution in [3.05, 3.63) is 18.0 Å². The van der Waals surface area contributed by atoms with Crippen LogP contribution in [0.25, 0.3) is 0 Å². The van der Waals surface area contributed by atoms with E-state index in [1.165, 1.54) is 25.0 Å². The van der Waals surface area contributed by atoms with Crippen molar-refractivity contribution in [3.63, 3.8) is 0 Å². The maximum atomic E-state index is 4.17. The van der Waals surface area contributed by atoms with E-state index in [2.05, 4.69) is 23.4 Å². The Morgan fingerprint density at radius 2 is 2.40 bits per heavy atom. The van der Waals surface area contributed by atoms with E-state index in [1.807, 2.05) is 17.9 Å². The van der Waals surface area contributed by atoms with Gasteiger partial charge in [-0.1, -0.05) is 6.42 Å². The Morgan fingerprint density at radius 1 is 1.60 bits per heavy atom. The highest BCUT2D eigenvalue weighted by Gasteiger charge is 2.22. The maximum Gasteiger partial charge on any atom is 0.0492 e. The van der Waals surface area contributed by atoms with E-state index in [0.717, 1.165) is 18.9 Å². The van der Waals surface area contributed by atoms with Gasteiger partial charge in [-0.2, -0.15) is 5.10 Å². The maximum absolute atomic E-state index is 4.17. The monoisotopic (exact) mass is 207 g/mol. The molecule has 1 N–H and O–H groups in total. The van der Waals surface area contributed by atoms with Crippen molar-refractivity contribution in [2.24, 2.45) is 13.0 Å². The van der Waals surface area contributed by atoms with Gasteiger partial charge in [0.2, 0.25) is 0 Å². The minimum atomic E-state index is 0.687. The Morgan fingerprint density at radius 3 is 2.93 bits per heavy atom. The van der Waals surface area contributed by atoms with E-state index < -0.39 is 0 Å². The molecule has 2 rings (SSSR count). The van der Waals surface area contributed by atoms with Gasteiger partial charge in [0.15, 0.2) is 0 Å². The molecule has 1 unspecified atom stereocenters. The number of aryl methyl sites for hydroxylation is 1. The first-order chi connectivity index (χ1) is 7.27. The molecule has 0 aliphatic heterocycles. The third-order valence-corrected chi connectivity index (χ3v) is 3.63. The van der Waals surface area contributed by atoms with Gasteiger partial charge < -0.3 is 5.32 Å². The molecule has 0 spiro atoms. The van der Waals surface area contributed by atoms with Crippen LogP contribution in [0.4, 0.5) is 0 Å². The van der Waals surface area contributed by atoms with Gasteiger partial charge in [0.25, 0.3) is 0 Å². The predicted molar refractivity (Wildman–Crippen MR) is 61.7 cm³/mol. The van der Waals surface area contributed by atoms with Crippen molar-refractivity contribution >= 4 is 0 Å². The summed E-state index contributed by atoms with van der Waals surface area (Å²) in [6.45, 7) is 3.38. The summed E-state index contributed by atoms with van der Waals surface area (Å²) in [4.78, 5) is 0. The smallest absolute Gasteiger partial charge is 0.0492 e. The number of nitrogens with zero attached hydrogens (tertiary/aromatic N) is 2. The van der Waals surface area contributed by atoms with Crippen LogP contribution in [0.5, 0.6) is 0 Å². The zero-order chi connectivity index (χ0) is 10.7. The molecule has 1 heterocycles. The van der Waals surface area contributed by atoms with Gasteiger partial charge in [-0.3, -0.25) is 4.68 Å². The highest BCUT2D eigenvalue weighted by atomic mass is 15.3. The Balaban J connectivity index is 1.68. The first kappa shape index (κ1) is 10.7. The van der Waals surface area contributed by atoms with E-state index in [1.54, 1.807) is 0 Å². The van der Waals surface area contributed by atoms with Gasteiger partial charge in [-0.15, -0.1) is 0 Å². The lowest BCUT2D eigenvalue weighted by Crippen LogP contribution is -2.38. The molecule has 0 radical (unpaired) electrons. The lowest BCUT2D eigenvalue weighted by molar-refractivity contribution is 0.242. The zero-order valence-corrected chi connectivity index (χ0v) is 9.74. The minimum absolute atomic E-state index is 0.687. The molecule has 1 aliphatic rings. The van der Waals surface area contributed by atoms with Crippen molar-refractivity contribution in [1.82, 2.24) is 15.1 Å². The van der Waals surface area contributed by atoms with Crippen molar-refractivity contribution < 1.29 is 0 Å². The van der Waals surface area contributed by atoms with Crippen molar-refractivity contribution in [2.45, 2.75) is 38.6 Å². The van der Waals surface area contributed by atoms with Crippen molar-refractivity contribution in [2.75, 3.05) is 6.54 Å².